The molecule has 1 aromatic carbocycles. The Kier molecular flexibility index (Phi) is 4.70. The average Bonchev–Trinajstić information content (AvgIpc) is 2.60. The Labute approximate surface area is 141 Å². The molecular weight excluding hydrogens is 302 g/mol. The number of hydrogen-bond donors (Lipinski definition) is 1. The minimum Gasteiger partial charge on any atom is -0.338 e. The smallest absolute Gasteiger partial charge is 0.246 e. The molecule has 0 aliphatic carbocycles. The van der Waals surface area contributed by atoms with Crippen LogP contribution in [-0.2, 0) is 22.6 Å². The van der Waals surface area contributed by atoms with Crippen LogP contribution in [0.4, 0.5) is 5.82 Å². The Morgan fingerprint density at radius 2 is 2.08 bits per heavy atom. The number of carbonyl (C=O) groups is 2. The fraction of sp³-hybridized carbons (Fsp3) is 0.211. The lowest BCUT2D eigenvalue weighted by Gasteiger charge is -2.16. The molecule has 3 rings (SSSR count). The molecule has 0 radical (unpaired) electrons. The van der Waals surface area contributed by atoms with Gasteiger partial charge in [-0.3, -0.25) is 9.59 Å². The van der Waals surface area contributed by atoms with Crippen LogP contribution in [0, 0.1) is 0 Å². The van der Waals surface area contributed by atoms with Crippen molar-refractivity contribution in [3.05, 3.63) is 65.4 Å². The predicted molar refractivity (Wildman–Crippen MR) is 93.1 cm³/mol. The second-order valence-electron chi connectivity index (χ2n) is 5.84. The Balaban J connectivity index is 1.64. The first kappa shape index (κ1) is 15.9. The third-order valence-corrected chi connectivity index (χ3v) is 3.92. The molecule has 1 aromatic heterocycles. The van der Waals surface area contributed by atoms with Crippen molar-refractivity contribution in [3.8, 4) is 0 Å². The average molecular weight is 321 g/mol. The van der Waals surface area contributed by atoms with E-state index in [0.717, 1.165) is 16.7 Å². The van der Waals surface area contributed by atoms with Crippen LogP contribution in [0.1, 0.15) is 23.1 Å². The summed E-state index contributed by atoms with van der Waals surface area (Å²) in [5, 5.41) is 2.75. The third-order valence-electron chi connectivity index (χ3n) is 3.92. The summed E-state index contributed by atoms with van der Waals surface area (Å²) in [5.74, 6) is 0.553. The summed E-state index contributed by atoms with van der Waals surface area (Å²) in [4.78, 5) is 29.5. The number of fused-ring (bicyclic) bond motifs is 1. The van der Waals surface area contributed by atoms with Crippen LogP contribution in [0.5, 0.6) is 0 Å². The van der Waals surface area contributed by atoms with Gasteiger partial charge in [-0.15, -0.1) is 0 Å². The Bertz CT molecular complexity index is 784. The topological polar surface area (TPSA) is 62.3 Å². The molecule has 2 aromatic rings. The monoisotopic (exact) mass is 321 g/mol. The van der Waals surface area contributed by atoms with Crippen molar-refractivity contribution in [2.24, 2.45) is 0 Å². The minimum absolute atomic E-state index is 0.00370. The number of aromatic nitrogens is 1. The molecule has 5 nitrogen and oxygen atoms in total. The number of pyridine rings is 1. The van der Waals surface area contributed by atoms with Crippen molar-refractivity contribution in [1.82, 2.24) is 9.88 Å². The first-order valence-electron chi connectivity index (χ1n) is 7.88. The van der Waals surface area contributed by atoms with Crippen molar-refractivity contribution < 1.29 is 9.59 Å². The van der Waals surface area contributed by atoms with E-state index in [1.807, 2.05) is 36.4 Å². The maximum atomic E-state index is 12.2. The van der Waals surface area contributed by atoms with E-state index < -0.39 is 0 Å². The summed E-state index contributed by atoms with van der Waals surface area (Å²) in [6.07, 6.45) is 6.12. The first-order chi connectivity index (χ1) is 11.6. The number of nitrogens with zero attached hydrogens (tertiary/aromatic N) is 2. The normalized spacial score (nSPS) is 13.5. The van der Waals surface area contributed by atoms with Crippen LogP contribution in [0.25, 0.3) is 6.08 Å². The van der Waals surface area contributed by atoms with Crippen molar-refractivity contribution >= 4 is 23.7 Å². The maximum Gasteiger partial charge on any atom is 0.246 e. The standard InChI is InChI=1S/C19H19N3O2/c1-22(13-14-5-3-2-4-6-14)18(24)10-7-15-11-16-8-9-17(23)21-19(16)20-12-15/h2-7,10-12H,8-9,13H2,1H3,(H,20,21,23)/b10-7+. The van der Waals surface area contributed by atoms with E-state index >= 15 is 0 Å². The molecular formula is C19H19N3O2. The number of nitrogens with one attached hydrogen (secondary N) is 1. The molecule has 2 heterocycles. The van der Waals surface area contributed by atoms with E-state index in [-0.39, 0.29) is 11.8 Å². The van der Waals surface area contributed by atoms with Gasteiger partial charge in [0.05, 0.1) is 0 Å². The van der Waals surface area contributed by atoms with Crippen LogP contribution in [-0.4, -0.2) is 28.7 Å². The summed E-state index contributed by atoms with van der Waals surface area (Å²) in [6.45, 7) is 0.568. The molecule has 1 aliphatic rings. The van der Waals surface area contributed by atoms with Gasteiger partial charge in [0, 0.05) is 32.3 Å². The Morgan fingerprint density at radius 3 is 2.88 bits per heavy atom. The van der Waals surface area contributed by atoms with Crippen molar-refractivity contribution in [3.63, 3.8) is 0 Å². The SMILES string of the molecule is CN(Cc1ccccc1)C(=O)/C=C/c1cnc2c(c1)CCC(=O)N2. The van der Waals surface area contributed by atoms with E-state index in [2.05, 4.69) is 10.3 Å². The molecule has 0 unspecified atom stereocenters. The Morgan fingerprint density at radius 1 is 1.29 bits per heavy atom. The number of hydrogen-bond acceptors (Lipinski definition) is 3. The molecule has 122 valence electrons. The van der Waals surface area contributed by atoms with E-state index in [0.29, 0.717) is 25.2 Å². The lowest BCUT2D eigenvalue weighted by Crippen LogP contribution is -2.24. The van der Waals surface area contributed by atoms with Gasteiger partial charge in [0.25, 0.3) is 0 Å². The largest absolute Gasteiger partial charge is 0.338 e. The van der Waals surface area contributed by atoms with Gasteiger partial charge in [-0.25, -0.2) is 4.98 Å². The molecule has 1 aliphatic heterocycles. The molecule has 0 spiro atoms. The lowest BCUT2D eigenvalue weighted by molar-refractivity contribution is -0.125. The fourth-order valence-corrected chi connectivity index (χ4v) is 2.60. The molecule has 2 amide bonds. The zero-order valence-electron chi connectivity index (χ0n) is 13.5. The molecule has 0 bridgehead atoms. The summed E-state index contributed by atoms with van der Waals surface area (Å²) >= 11 is 0. The molecule has 5 heteroatoms. The van der Waals surface area contributed by atoms with Crippen LogP contribution >= 0.6 is 0 Å². The van der Waals surface area contributed by atoms with E-state index in [9.17, 15) is 9.59 Å². The van der Waals surface area contributed by atoms with E-state index in [1.54, 1.807) is 30.3 Å². The number of anilines is 1. The van der Waals surface area contributed by atoms with Gasteiger partial charge < -0.3 is 10.2 Å². The zero-order chi connectivity index (χ0) is 16.9. The molecule has 1 N–H and O–H groups in total. The van der Waals surface area contributed by atoms with Gasteiger partial charge in [-0.05, 0) is 35.3 Å². The van der Waals surface area contributed by atoms with Crippen LogP contribution in [0.15, 0.2) is 48.7 Å². The Hall–Kier alpha value is -2.95. The zero-order valence-corrected chi connectivity index (χ0v) is 13.5. The van der Waals surface area contributed by atoms with Gasteiger partial charge in [0.1, 0.15) is 5.82 Å². The number of carbonyl (C=O) groups excluding carboxylic acids is 2. The quantitative estimate of drug-likeness (QED) is 0.881. The van der Waals surface area contributed by atoms with Gasteiger partial charge in [-0.1, -0.05) is 30.3 Å². The highest BCUT2D eigenvalue weighted by Crippen LogP contribution is 2.21. The lowest BCUT2D eigenvalue weighted by atomic mass is 10.0. The second kappa shape index (κ2) is 7.08. The van der Waals surface area contributed by atoms with Crippen LogP contribution in [0.3, 0.4) is 0 Å². The molecule has 0 atom stereocenters. The predicted octanol–water partition coefficient (Wildman–Crippen LogP) is 2.64. The summed E-state index contributed by atoms with van der Waals surface area (Å²) in [7, 11) is 1.78. The van der Waals surface area contributed by atoms with Crippen LogP contribution in [0.2, 0.25) is 0 Å². The van der Waals surface area contributed by atoms with Gasteiger partial charge in [0.15, 0.2) is 0 Å². The number of amides is 2. The van der Waals surface area contributed by atoms with Crippen molar-refractivity contribution in [2.75, 3.05) is 12.4 Å². The van der Waals surface area contributed by atoms with Crippen LogP contribution < -0.4 is 5.32 Å². The van der Waals surface area contributed by atoms with E-state index in [1.165, 1.54) is 0 Å². The second-order valence-corrected chi connectivity index (χ2v) is 5.84. The molecule has 0 saturated carbocycles. The number of likely N-dealkylation sites (N-methyl/N-ethyl adjacent to an activating group) is 1. The van der Waals surface area contributed by atoms with Gasteiger partial charge in [0.2, 0.25) is 11.8 Å². The van der Waals surface area contributed by atoms with Crippen molar-refractivity contribution in [1.29, 1.82) is 0 Å². The number of benzene rings is 1. The van der Waals surface area contributed by atoms with Gasteiger partial charge >= 0.3 is 0 Å². The summed E-state index contributed by atoms with van der Waals surface area (Å²) in [5.41, 5.74) is 2.95. The number of aryl methyl sites for hydroxylation is 1. The van der Waals surface area contributed by atoms with Gasteiger partial charge in [-0.2, -0.15) is 0 Å². The molecule has 0 saturated heterocycles. The number of rotatable bonds is 4. The highest BCUT2D eigenvalue weighted by Gasteiger charge is 2.15. The van der Waals surface area contributed by atoms with E-state index in [4.69, 9.17) is 0 Å². The minimum atomic E-state index is -0.0649. The molecule has 24 heavy (non-hydrogen) atoms. The summed E-state index contributed by atoms with van der Waals surface area (Å²) in [6, 6.07) is 11.8. The highest BCUT2D eigenvalue weighted by atomic mass is 16.2. The first-order valence-corrected chi connectivity index (χ1v) is 7.88. The highest BCUT2D eigenvalue weighted by molar-refractivity contribution is 5.93. The molecule has 0 fully saturated rings. The maximum absolute atomic E-state index is 12.2. The fourth-order valence-electron chi connectivity index (χ4n) is 2.60. The van der Waals surface area contributed by atoms with Crippen molar-refractivity contribution in [2.45, 2.75) is 19.4 Å². The summed E-state index contributed by atoms with van der Waals surface area (Å²) < 4.78 is 0. The third kappa shape index (κ3) is 3.87.